The van der Waals surface area contributed by atoms with Crippen LogP contribution in [0.5, 0.6) is 11.5 Å². The molecule has 3 rings (SSSR count). The largest absolute Gasteiger partial charge is 0.497 e. The molecule has 8 heteroatoms. The number of carbonyl (C=O) groups is 1. The lowest BCUT2D eigenvalue weighted by Crippen LogP contribution is -2.47. The first kappa shape index (κ1) is 19.9. The number of aryl methyl sites for hydroxylation is 1. The van der Waals surface area contributed by atoms with E-state index in [-0.39, 0.29) is 5.91 Å². The molecule has 2 heterocycles. The van der Waals surface area contributed by atoms with Gasteiger partial charge >= 0.3 is 0 Å². The summed E-state index contributed by atoms with van der Waals surface area (Å²) in [4.78, 5) is 26.4. The molecule has 1 aliphatic heterocycles. The maximum absolute atomic E-state index is 12.8. The van der Waals surface area contributed by atoms with Crippen molar-refractivity contribution < 1.29 is 14.3 Å². The third-order valence-corrected chi connectivity index (χ3v) is 4.83. The normalized spacial score (nSPS) is 14.6. The van der Waals surface area contributed by atoms with Crippen LogP contribution in [0.1, 0.15) is 23.1 Å². The molecule has 1 fully saturated rings. The van der Waals surface area contributed by atoms with Crippen LogP contribution in [0.2, 0.25) is 0 Å². The van der Waals surface area contributed by atoms with Crippen LogP contribution in [0.4, 0.5) is 11.6 Å². The van der Waals surface area contributed by atoms with Gasteiger partial charge in [0.15, 0.2) is 0 Å². The third-order valence-electron chi connectivity index (χ3n) is 4.83. The SMILES string of the molecule is CCN1CCN(c2nc(C)cc(C(=O)Nc3cc(OC)ccc3OC)n2)CC1. The van der Waals surface area contributed by atoms with E-state index in [0.717, 1.165) is 38.4 Å². The Balaban J connectivity index is 1.80. The Bertz CT molecular complexity index is 835. The lowest BCUT2D eigenvalue weighted by Gasteiger charge is -2.34. The van der Waals surface area contributed by atoms with Gasteiger partial charge in [0.25, 0.3) is 5.91 Å². The number of anilines is 2. The maximum atomic E-state index is 12.8. The molecular formula is C20H27N5O3. The molecule has 8 nitrogen and oxygen atoms in total. The molecule has 1 saturated heterocycles. The fourth-order valence-corrected chi connectivity index (χ4v) is 3.17. The van der Waals surface area contributed by atoms with Crippen LogP contribution in [0.3, 0.4) is 0 Å². The Morgan fingerprint density at radius 1 is 1.11 bits per heavy atom. The van der Waals surface area contributed by atoms with Gasteiger partial charge in [-0.25, -0.2) is 9.97 Å². The summed E-state index contributed by atoms with van der Waals surface area (Å²) in [5, 5.41) is 2.87. The van der Waals surface area contributed by atoms with E-state index in [4.69, 9.17) is 9.47 Å². The van der Waals surface area contributed by atoms with Crippen LogP contribution >= 0.6 is 0 Å². The predicted octanol–water partition coefficient (Wildman–Crippen LogP) is 2.20. The first-order valence-electron chi connectivity index (χ1n) is 9.40. The highest BCUT2D eigenvalue weighted by atomic mass is 16.5. The van der Waals surface area contributed by atoms with Gasteiger partial charge in [-0.15, -0.1) is 0 Å². The third kappa shape index (κ3) is 4.51. The predicted molar refractivity (Wildman–Crippen MR) is 109 cm³/mol. The number of piperazine rings is 1. The molecule has 2 aromatic rings. The Morgan fingerprint density at radius 3 is 2.50 bits per heavy atom. The van der Waals surface area contributed by atoms with E-state index >= 15 is 0 Å². The van der Waals surface area contributed by atoms with E-state index in [2.05, 4.69) is 32.0 Å². The van der Waals surface area contributed by atoms with Crippen molar-refractivity contribution in [2.75, 3.05) is 57.2 Å². The molecule has 28 heavy (non-hydrogen) atoms. The minimum Gasteiger partial charge on any atom is -0.497 e. The number of carbonyl (C=O) groups excluding carboxylic acids is 1. The van der Waals surface area contributed by atoms with E-state index in [1.165, 1.54) is 0 Å². The molecule has 0 spiro atoms. The summed E-state index contributed by atoms with van der Waals surface area (Å²) < 4.78 is 10.6. The number of likely N-dealkylation sites (N-methyl/N-ethyl adjacent to an activating group) is 1. The minimum atomic E-state index is -0.314. The van der Waals surface area contributed by atoms with Crippen molar-refractivity contribution in [2.45, 2.75) is 13.8 Å². The lowest BCUT2D eigenvalue weighted by atomic mass is 10.2. The monoisotopic (exact) mass is 385 g/mol. The van der Waals surface area contributed by atoms with Crippen molar-refractivity contribution in [3.05, 3.63) is 35.7 Å². The molecule has 150 valence electrons. The van der Waals surface area contributed by atoms with Gasteiger partial charge in [-0.1, -0.05) is 6.92 Å². The lowest BCUT2D eigenvalue weighted by molar-refractivity contribution is 0.102. The second-order valence-corrected chi connectivity index (χ2v) is 6.64. The van der Waals surface area contributed by atoms with E-state index in [9.17, 15) is 4.79 Å². The summed E-state index contributed by atoms with van der Waals surface area (Å²) in [5.74, 6) is 1.46. The summed E-state index contributed by atoms with van der Waals surface area (Å²) in [5.41, 5.74) is 1.61. The van der Waals surface area contributed by atoms with E-state index < -0.39 is 0 Å². The molecule has 1 aromatic heterocycles. The summed E-state index contributed by atoms with van der Waals surface area (Å²) in [6.45, 7) is 8.71. The zero-order valence-corrected chi connectivity index (χ0v) is 16.9. The highest BCUT2D eigenvalue weighted by Gasteiger charge is 2.20. The molecule has 1 aromatic carbocycles. The topological polar surface area (TPSA) is 79.8 Å². The van der Waals surface area contributed by atoms with Crippen molar-refractivity contribution in [3.63, 3.8) is 0 Å². The number of ether oxygens (including phenoxy) is 2. The van der Waals surface area contributed by atoms with Gasteiger partial charge in [0.05, 0.1) is 19.9 Å². The molecule has 1 N–H and O–H groups in total. The van der Waals surface area contributed by atoms with Crippen molar-refractivity contribution in [2.24, 2.45) is 0 Å². The highest BCUT2D eigenvalue weighted by molar-refractivity contribution is 6.04. The van der Waals surface area contributed by atoms with Crippen molar-refractivity contribution >= 4 is 17.5 Å². The second kappa shape index (κ2) is 8.88. The molecule has 1 amide bonds. The molecule has 0 saturated carbocycles. The number of nitrogens with one attached hydrogen (secondary N) is 1. The quantitative estimate of drug-likeness (QED) is 0.816. The average molecular weight is 385 g/mol. The van der Waals surface area contributed by atoms with Crippen LogP contribution in [-0.4, -0.2) is 67.7 Å². The zero-order valence-electron chi connectivity index (χ0n) is 16.9. The average Bonchev–Trinajstić information content (AvgIpc) is 2.73. The van der Waals surface area contributed by atoms with Gasteiger partial charge in [0, 0.05) is 37.9 Å². The van der Waals surface area contributed by atoms with E-state index in [0.29, 0.717) is 28.8 Å². The fourth-order valence-electron chi connectivity index (χ4n) is 3.17. The summed E-state index contributed by atoms with van der Waals surface area (Å²) in [6.07, 6.45) is 0. The fraction of sp³-hybridized carbons (Fsp3) is 0.450. The highest BCUT2D eigenvalue weighted by Crippen LogP contribution is 2.29. The first-order valence-corrected chi connectivity index (χ1v) is 9.40. The number of benzene rings is 1. The van der Waals surface area contributed by atoms with Crippen LogP contribution < -0.4 is 19.7 Å². The molecule has 1 aliphatic rings. The van der Waals surface area contributed by atoms with Crippen molar-refractivity contribution in [1.29, 1.82) is 0 Å². The Labute approximate surface area is 165 Å². The number of methoxy groups -OCH3 is 2. The van der Waals surface area contributed by atoms with Crippen molar-refractivity contribution in [1.82, 2.24) is 14.9 Å². The van der Waals surface area contributed by atoms with E-state index in [1.807, 2.05) is 6.92 Å². The maximum Gasteiger partial charge on any atom is 0.274 e. The number of amides is 1. The van der Waals surface area contributed by atoms with Gasteiger partial charge in [-0.2, -0.15) is 0 Å². The molecule has 0 unspecified atom stereocenters. The van der Waals surface area contributed by atoms with Crippen LogP contribution in [0.25, 0.3) is 0 Å². The smallest absolute Gasteiger partial charge is 0.274 e. The standard InChI is InChI=1S/C20H27N5O3/c1-5-24-8-10-25(11-9-24)20-21-14(2)12-17(23-20)19(26)22-16-13-15(27-3)6-7-18(16)28-4/h6-7,12-13H,5,8-11H2,1-4H3,(H,22,26). The van der Waals surface area contributed by atoms with Crippen LogP contribution in [0, 0.1) is 6.92 Å². The van der Waals surface area contributed by atoms with Gasteiger partial charge in [-0.3, -0.25) is 4.79 Å². The first-order chi connectivity index (χ1) is 13.5. The van der Waals surface area contributed by atoms with Gasteiger partial charge in [0.2, 0.25) is 5.95 Å². The van der Waals surface area contributed by atoms with Crippen LogP contribution in [0.15, 0.2) is 24.3 Å². The van der Waals surface area contributed by atoms with Crippen LogP contribution in [-0.2, 0) is 0 Å². The minimum absolute atomic E-state index is 0.314. The van der Waals surface area contributed by atoms with E-state index in [1.54, 1.807) is 38.5 Å². The van der Waals surface area contributed by atoms with Gasteiger partial charge in [-0.05, 0) is 31.7 Å². The Hall–Kier alpha value is -2.87. The van der Waals surface area contributed by atoms with Gasteiger partial charge in [0.1, 0.15) is 17.2 Å². The Kier molecular flexibility index (Phi) is 6.30. The number of hydrogen-bond donors (Lipinski definition) is 1. The summed E-state index contributed by atoms with van der Waals surface area (Å²) in [6, 6.07) is 6.93. The number of nitrogens with zero attached hydrogens (tertiary/aromatic N) is 4. The zero-order chi connectivity index (χ0) is 20.1. The molecule has 0 aliphatic carbocycles. The molecule has 0 atom stereocenters. The van der Waals surface area contributed by atoms with Crippen molar-refractivity contribution in [3.8, 4) is 11.5 Å². The number of rotatable bonds is 6. The molecule has 0 bridgehead atoms. The van der Waals surface area contributed by atoms with Gasteiger partial charge < -0.3 is 24.6 Å². The summed E-state index contributed by atoms with van der Waals surface area (Å²) >= 11 is 0. The number of hydrogen-bond acceptors (Lipinski definition) is 7. The Morgan fingerprint density at radius 2 is 1.86 bits per heavy atom. The molecular weight excluding hydrogens is 358 g/mol. The molecule has 0 radical (unpaired) electrons. The second-order valence-electron chi connectivity index (χ2n) is 6.64. The summed E-state index contributed by atoms with van der Waals surface area (Å²) in [7, 11) is 3.13. The number of aromatic nitrogens is 2.